The van der Waals surface area contributed by atoms with E-state index in [1.807, 2.05) is 0 Å². The van der Waals surface area contributed by atoms with Gasteiger partial charge < -0.3 is 9.64 Å². The van der Waals surface area contributed by atoms with Crippen LogP contribution < -0.4 is 0 Å². The van der Waals surface area contributed by atoms with Gasteiger partial charge in [-0.25, -0.2) is 8.78 Å². The maximum absolute atomic E-state index is 13.7. The molecule has 1 heterocycles. The van der Waals surface area contributed by atoms with E-state index >= 15 is 0 Å². The van der Waals surface area contributed by atoms with Gasteiger partial charge in [0.1, 0.15) is 0 Å². The van der Waals surface area contributed by atoms with Crippen molar-refractivity contribution in [2.45, 2.75) is 25.6 Å². The van der Waals surface area contributed by atoms with E-state index in [1.54, 1.807) is 29.2 Å². The summed E-state index contributed by atoms with van der Waals surface area (Å²) in [6.07, 6.45) is 1.33. The SMILES string of the molecule is O=C(c1ccccc1Cl)N1CCC[C@H](OCc2cccc(F)c2F)C1. The lowest BCUT2D eigenvalue weighted by Crippen LogP contribution is -2.43. The number of carbonyl (C=O) groups excluding carboxylic acids is 1. The number of likely N-dealkylation sites (tertiary alicyclic amines) is 1. The molecule has 6 heteroatoms. The molecule has 0 spiro atoms. The van der Waals surface area contributed by atoms with Gasteiger partial charge in [-0.05, 0) is 31.0 Å². The fraction of sp³-hybridized carbons (Fsp3) is 0.316. The lowest BCUT2D eigenvalue weighted by atomic mass is 10.1. The first kappa shape index (κ1) is 17.8. The Balaban J connectivity index is 1.62. The summed E-state index contributed by atoms with van der Waals surface area (Å²) in [6.45, 7) is 1.00. The number of halogens is 3. The molecule has 0 aliphatic carbocycles. The third-order valence-electron chi connectivity index (χ3n) is 4.28. The van der Waals surface area contributed by atoms with Crippen LogP contribution in [0, 0.1) is 11.6 Å². The van der Waals surface area contributed by atoms with Crippen molar-refractivity contribution in [3.05, 3.63) is 70.2 Å². The molecule has 0 saturated carbocycles. The molecule has 25 heavy (non-hydrogen) atoms. The molecule has 0 N–H and O–H groups in total. The van der Waals surface area contributed by atoms with Crippen LogP contribution in [0.1, 0.15) is 28.8 Å². The molecule has 132 valence electrons. The van der Waals surface area contributed by atoms with Crippen LogP contribution >= 0.6 is 11.6 Å². The number of hydrogen-bond donors (Lipinski definition) is 0. The molecule has 1 atom stereocenters. The standard InChI is InChI=1S/C19H18ClF2NO2/c20-16-8-2-1-7-15(16)19(24)23-10-4-6-14(11-23)25-12-13-5-3-9-17(21)18(13)22/h1-3,5,7-9,14H,4,6,10-12H2/t14-/m0/s1. The van der Waals surface area contributed by atoms with Crippen LogP contribution in [0.5, 0.6) is 0 Å². The Hall–Kier alpha value is -1.98. The number of rotatable bonds is 4. The van der Waals surface area contributed by atoms with E-state index in [4.69, 9.17) is 16.3 Å². The second-order valence-corrected chi connectivity index (χ2v) is 6.43. The molecule has 1 aliphatic rings. The molecule has 1 amide bonds. The summed E-state index contributed by atoms with van der Waals surface area (Å²) in [5.74, 6) is -1.92. The first-order valence-electron chi connectivity index (χ1n) is 8.14. The number of benzene rings is 2. The molecule has 0 bridgehead atoms. The maximum atomic E-state index is 13.7. The highest BCUT2D eigenvalue weighted by Gasteiger charge is 2.26. The minimum Gasteiger partial charge on any atom is -0.372 e. The number of carbonyl (C=O) groups is 1. The Kier molecular flexibility index (Phi) is 5.66. The van der Waals surface area contributed by atoms with Crippen molar-refractivity contribution in [3.8, 4) is 0 Å². The zero-order chi connectivity index (χ0) is 17.8. The van der Waals surface area contributed by atoms with Crippen molar-refractivity contribution in [2.24, 2.45) is 0 Å². The quantitative estimate of drug-likeness (QED) is 0.801. The molecule has 0 radical (unpaired) electrons. The predicted octanol–water partition coefficient (Wildman–Crippen LogP) is 4.44. The average Bonchev–Trinajstić information content (AvgIpc) is 2.63. The normalized spacial score (nSPS) is 17.6. The molecule has 3 nitrogen and oxygen atoms in total. The summed E-state index contributed by atoms with van der Waals surface area (Å²) in [6, 6.07) is 10.9. The molecule has 2 aromatic rings. The van der Waals surface area contributed by atoms with Gasteiger partial charge in [-0.2, -0.15) is 0 Å². The molecule has 1 fully saturated rings. The van der Waals surface area contributed by atoms with Gasteiger partial charge in [-0.15, -0.1) is 0 Å². The Morgan fingerprint density at radius 3 is 2.80 bits per heavy atom. The van der Waals surface area contributed by atoms with Crippen molar-refractivity contribution in [3.63, 3.8) is 0 Å². The summed E-state index contributed by atoms with van der Waals surface area (Å²) in [7, 11) is 0. The largest absolute Gasteiger partial charge is 0.372 e. The van der Waals surface area contributed by atoms with Crippen LogP contribution in [0.3, 0.4) is 0 Å². The summed E-state index contributed by atoms with van der Waals surface area (Å²) in [5.41, 5.74) is 0.635. The van der Waals surface area contributed by atoms with Gasteiger partial charge in [-0.1, -0.05) is 35.9 Å². The second kappa shape index (κ2) is 7.93. The molecule has 2 aromatic carbocycles. The fourth-order valence-electron chi connectivity index (χ4n) is 2.93. The van der Waals surface area contributed by atoms with Crippen LogP contribution in [-0.2, 0) is 11.3 Å². The lowest BCUT2D eigenvalue weighted by Gasteiger charge is -2.33. The number of hydrogen-bond acceptors (Lipinski definition) is 2. The zero-order valence-electron chi connectivity index (χ0n) is 13.6. The van der Waals surface area contributed by atoms with Gasteiger partial charge in [0, 0.05) is 18.7 Å². The van der Waals surface area contributed by atoms with Crippen molar-refractivity contribution >= 4 is 17.5 Å². The highest BCUT2D eigenvalue weighted by atomic mass is 35.5. The molecular formula is C19H18ClF2NO2. The van der Waals surface area contributed by atoms with Crippen LogP contribution in [-0.4, -0.2) is 30.0 Å². The molecule has 0 aromatic heterocycles. The van der Waals surface area contributed by atoms with E-state index in [1.165, 1.54) is 12.1 Å². The summed E-state index contributed by atoms with van der Waals surface area (Å²) < 4.78 is 32.7. The number of nitrogens with zero attached hydrogens (tertiary/aromatic N) is 1. The molecule has 1 aliphatic heterocycles. The minimum absolute atomic E-state index is 0.0254. The van der Waals surface area contributed by atoms with Crippen molar-refractivity contribution in [1.82, 2.24) is 4.90 Å². The Morgan fingerprint density at radius 2 is 2.00 bits per heavy atom. The lowest BCUT2D eigenvalue weighted by molar-refractivity contribution is -0.00776. The van der Waals surface area contributed by atoms with Crippen LogP contribution in [0.4, 0.5) is 8.78 Å². The van der Waals surface area contributed by atoms with E-state index < -0.39 is 11.6 Å². The predicted molar refractivity (Wildman–Crippen MR) is 91.5 cm³/mol. The van der Waals surface area contributed by atoms with E-state index in [2.05, 4.69) is 0 Å². The zero-order valence-corrected chi connectivity index (χ0v) is 14.3. The smallest absolute Gasteiger partial charge is 0.255 e. The number of piperidine rings is 1. The summed E-state index contributed by atoms with van der Waals surface area (Å²) in [5, 5.41) is 0.414. The van der Waals surface area contributed by atoms with Crippen molar-refractivity contribution in [2.75, 3.05) is 13.1 Å². The minimum atomic E-state index is -0.889. The number of amides is 1. The van der Waals surface area contributed by atoms with Gasteiger partial charge in [0.25, 0.3) is 5.91 Å². The first-order chi connectivity index (χ1) is 12.1. The van der Waals surface area contributed by atoms with E-state index in [-0.39, 0.29) is 24.2 Å². The first-order valence-corrected chi connectivity index (χ1v) is 8.52. The summed E-state index contributed by atoms with van der Waals surface area (Å²) in [4.78, 5) is 14.3. The Morgan fingerprint density at radius 1 is 1.20 bits per heavy atom. The highest BCUT2D eigenvalue weighted by Crippen LogP contribution is 2.22. The van der Waals surface area contributed by atoms with Gasteiger partial charge in [0.2, 0.25) is 0 Å². The van der Waals surface area contributed by atoms with Gasteiger partial charge in [-0.3, -0.25) is 4.79 Å². The molecule has 3 rings (SSSR count). The average molecular weight is 366 g/mol. The topological polar surface area (TPSA) is 29.5 Å². The highest BCUT2D eigenvalue weighted by molar-refractivity contribution is 6.33. The van der Waals surface area contributed by atoms with Gasteiger partial charge >= 0.3 is 0 Å². The van der Waals surface area contributed by atoms with E-state index in [0.29, 0.717) is 23.7 Å². The molecular weight excluding hydrogens is 348 g/mol. The van der Waals surface area contributed by atoms with E-state index in [9.17, 15) is 13.6 Å². The molecule has 0 unspecified atom stereocenters. The second-order valence-electron chi connectivity index (χ2n) is 6.02. The van der Waals surface area contributed by atoms with E-state index in [0.717, 1.165) is 18.9 Å². The third kappa shape index (κ3) is 4.17. The van der Waals surface area contributed by atoms with Crippen molar-refractivity contribution < 1.29 is 18.3 Å². The summed E-state index contributed by atoms with van der Waals surface area (Å²) >= 11 is 6.09. The third-order valence-corrected chi connectivity index (χ3v) is 4.61. The Labute approximate surface area is 150 Å². The van der Waals surface area contributed by atoms with Gasteiger partial charge in [0.15, 0.2) is 11.6 Å². The van der Waals surface area contributed by atoms with Crippen molar-refractivity contribution in [1.29, 1.82) is 0 Å². The molecule has 1 saturated heterocycles. The van der Waals surface area contributed by atoms with Crippen LogP contribution in [0.25, 0.3) is 0 Å². The van der Waals surface area contributed by atoms with Gasteiger partial charge in [0.05, 0.1) is 23.3 Å². The maximum Gasteiger partial charge on any atom is 0.255 e. The van der Waals surface area contributed by atoms with Crippen LogP contribution in [0.2, 0.25) is 5.02 Å². The van der Waals surface area contributed by atoms with Crippen LogP contribution in [0.15, 0.2) is 42.5 Å². The Bertz CT molecular complexity index is 769. The number of ether oxygens (including phenoxy) is 1. The monoisotopic (exact) mass is 365 g/mol. The fourth-order valence-corrected chi connectivity index (χ4v) is 3.15.